The lowest BCUT2D eigenvalue weighted by Gasteiger charge is -2.42. The van der Waals surface area contributed by atoms with Gasteiger partial charge in [-0.25, -0.2) is 0 Å². The maximum atomic E-state index is 8.36. The van der Waals surface area contributed by atoms with Gasteiger partial charge in [-0.15, -0.1) is 0 Å². The van der Waals surface area contributed by atoms with Crippen LogP contribution < -0.4 is 4.74 Å². The molecule has 1 N–H and O–H groups in total. The highest BCUT2D eigenvalue weighted by molar-refractivity contribution is 5.40. The van der Waals surface area contributed by atoms with Crippen LogP contribution in [0.15, 0.2) is 18.2 Å². The zero-order valence-corrected chi connectivity index (χ0v) is 15.1. The number of rotatable bonds is 5. The molecule has 1 aromatic carbocycles. The summed E-state index contributed by atoms with van der Waals surface area (Å²) in [6.07, 6.45) is 3.11. The fourth-order valence-electron chi connectivity index (χ4n) is 3.71. The van der Waals surface area contributed by atoms with Gasteiger partial charge in [0.2, 0.25) is 0 Å². The average molecular weight is 334 g/mol. The second-order valence-corrected chi connectivity index (χ2v) is 6.71. The highest BCUT2D eigenvalue weighted by atomic mass is 16.5. The van der Waals surface area contributed by atoms with Gasteiger partial charge in [0.1, 0.15) is 11.9 Å². The molecule has 3 rings (SSSR count). The van der Waals surface area contributed by atoms with E-state index in [2.05, 4.69) is 48.8 Å². The number of carboxylic acid groups (broad SMARTS) is 1. The van der Waals surface area contributed by atoms with Crippen molar-refractivity contribution in [2.75, 3.05) is 32.7 Å². The molecule has 134 valence electrons. The molecule has 0 amide bonds. The van der Waals surface area contributed by atoms with Crippen LogP contribution in [0.4, 0.5) is 0 Å². The SMILES string of the molecule is CCN1CCCC1CN1CC(Oc2c(C)cccc2C)C1.O=CO. The van der Waals surface area contributed by atoms with Crippen LogP contribution in [0.3, 0.4) is 0 Å². The van der Waals surface area contributed by atoms with E-state index in [1.165, 1.54) is 43.6 Å². The fraction of sp³-hybridized carbons (Fsp3) is 0.632. The zero-order chi connectivity index (χ0) is 17.5. The van der Waals surface area contributed by atoms with Crippen LogP contribution in [0.5, 0.6) is 5.75 Å². The molecule has 2 saturated heterocycles. The van der Waals surface area contributed by atoms with Gasteiger partial charge >= 0.3 is 0 Å². The lowest BCUT2D eigenvalue weighted by molar-refractivity contribution is -0.122. The summed E-state index contributed by atoms with van der Waals surface area (Å²) in [7, 11) is 0. The van der Waals surface area contributed by atoms with Crippen molar-refractivity contribution in [3.63, 3.8) is 0 Å². The lowest BCUT2D eigenvalue weighted by Crippen LogP contribution is -2.57. The van der Waals surface area contributed by atoms with Gasteiger partial charge in [-0.05, 0) is 50.9 Å². The van der Waals surface area contributed by atoms with Gasteiger partial charge in [0.05, 0.1) is 0 Å². The third-order valence-corrected chi connectivity index (χ3v) is 4.99. The molecule has 2 aliphatic rings. The molecule has 0 spiro atoms. The van der Waals surface area contributed by atoms with Gasteiger partial charge in [0.15, 0.2) is 0 Å². The molecule has 5 nitrogen and oxygen atoms in total. The fourth-order valence-corrected chi connectivity index (χ4v) is 3.71. The van der Waals surface area contributed by atoms with Crippen molar-refractivity contribution in [2.24, 2.45) is 0 Å². The summed E-state index contributed by atoms with van der Waals surface area (Å²) >= 11 is 0. The Morgan fingerprint density at radius 3 is 2.50 bits per heavy atom. The highest BCUT2D eigenvalue weighted by Gasteiger charge is 2.33. The predicted molar refractivity (Wildman–Crippen MR) is 95.7 cm³/mol. The molecule has 0 saturated carbocycles. The van der Waals surface area contributed by atoms with Crippen LogP contribution in [0.1, 0.15) is 30.9 Å². The summed E-state index contributed by atoms with van der Waals surface area (Å²) in [4.78, 5) is 13.5. The van der Waals surface area contributed by atoms with Crippen molar-refractivity contribution >= 4 is 6.47 Å². The molecule has 1 unspecified atom stereocenters. The van der Waals surface area contributed by atoms with Crippen molar-refractivity contribution in [1.82, 2.24) is 9.80 Å². The number of aryl methyl sites for hydroxylation is 2. The van der Waals surface area contributed by atoms with Gasteiger partial charge in [-0.3, -0.25) is 14.6 Å². The minimum absolute atomic E-state index is 0.250. The molecule has 0 radical (unpaired) electrons. The number of ether oxygens (including phenoxy) is 1. The Kier molecular flexibility index (Phi) is 7.06. The van der Waals surface area contributed by atoms with E-state index >= 15 is 0 Å². The Balaban J connectivity index is 0.000000647. The third-order valence-electron chi connectivity index (χ3n) is 4.99. The number of hydrogen-bond acceptors (Lipinski definition) is 4. The van der Waals surface area contributed by atoms with Crippen LogP contribution in [-0.2, 0) is 4.79 Å². The first kappa shape index (κ1) is 18.7. The minimum atomic E-state index is -0.250. The number of likely N-dealkylation sites (tertiary alicyclic amines) is 2. The Labute approximate surface area is 145 Å². The van der Waals surface area contributed by atoms with E-state index in [0.717, 1.165) is 24.9 Å². The van der Waals surface area contributed by atoms with E-state index in [1.807, 2.05) is 0 Å². The number of para-hydroxylation sites is 1. The molecule has 2 aliphatic heterocycles. The maximum Gasteiger partial charge on any atom is 0.290 e. The monoisotopic (exact) mass is 334 g/mol. The van der Waals surface area contributed by atoms with Crippen LogP contribution in [-0.4, -0.2) is 66.2 Å². The highest BCUT2D eigenvalue weighted by Crippen LogP contribution is 2.27. The average Bonchev–Trinajstić information content (AvgIpc) is 2.96. The van der Waals surface area contributed by atoms with E-state index in [-0.39, 0.29) is 6.47 Å². The summed E-state index contributed by atoms with van der Waals surface area (Å²) in [5.74, 6) is 1.10. The summed E-state index contributed by atoms with van der Waals surface area (Å²) in [5.41, 5.74) is 2.50. The molecular formula is C19H30N2O3. The lowest BCUT2D eigenvalue weighted by atomic mass is 10.1. The largest absolute Gasteiger partial charge is 0.487 e. The van der Waals surface area contributed by atoms with Gasteiger partial charge in [-0.2, -0.15) is 0 Å². The number of nitrogens with zero attached hydrogens (tertiary/aromatic N) is 2. The van der Waals surface area contributed by atoms with Crippen LogP contribution in [0.25, 0.3) is 0 Å². The Morgan fingerprint density at radius 1 is 1.29 bits per heavy atom. The topological polar surface area (TPSA) is 53.0 Å². The molecule has 0 aliphatic carbocycles. The van der Waals surface area contributed by atoms with Gasteiger partial charge < -0.3 is 9.84 Å². The van der Waals surface area contributed by atoms with Crippen molar-refractivity contribution in [2.45, 2.75) is 45.8 Å². The second-order valence-electron chi connectivity index (χ2n) is 6.71. The molecule has 1 aromatic rings. The maximum absolute atomic E-state index is 8.36. The number of benzene rings is 1. The standard InChI is InChI=1S/C18H28N2O.CH2O2/c1-4-20-10-6-9-16(20)11-19-12-17(13-19)21-18-14(2)7-5-8-15(18)3;2-1-3/h5,7-8,16-17H,4,6,9-13H2,1-3H3;1H,(H,2,3). The van der Waals surface area contributed by atoms with Crippen LogP contribution in [0.2, 0.25) is 0 Å². The number of hydrogen-bond donors (Lipinski definition) is 1. The van der Waals surface area contributed by atoms with E-state index in [9.17, 15) is 0 Å². The normalized spacial score (nSPS) is 21.7. The first-order valence-corrected chi connectivity index (χ1v) is 8.86. The first-order valence-electron chi connectivity index (χ1n) is 8.86. The Morgan fingerprint density at radius 2 is 1.92 bits per heavy atom. The molecule has 24 heavy (non-hydrogen) atoms. The zero-order valence-electron chi connectivity index (χ0n) is 15.1. The van der Waals surface area contributed by atoms with E-state index in [0.29, 0.717) is 6.10 Å². The minimum Gasteiger partial charge on any atom is -0.487 e. The summed E-state index contributed by atoms with van der Waals surface area (Å²) < 4.78 is 6.20. The van der Waals surface area contributed by atoms with Crippen molar-refractivity contribution in [1.29, 1.82) is 0 Å². The number of carbonyl (C=O) groups is 1. The smallest absolute Gasteiger partial charge is 0.290 e. The molecule has 5 heteroatoms. The van der Waals surface area contributed by atoms with Gasteiger partial charge in [0.25, 0.3) is 6.47 Å². The molecule has 0 bridgehead atoms. The van der Waals surface area contributed by atoms with Gasteiger partial charge in [0, 0.05) is 25.7 Å². The Hall–Kier alpha value is -1.59. The van der Waals surface area contributed by atoms with Crippen molar-refractivity contribution < 1.29 is 14.6 Å². The third kappa shape index (κ3) is 4.71. The van der Waals surface area contributed by atoms with E-state index < -0.39 is 0 Å². The van der Waals surface area contributed by atoms with Crippen LogP contribution in [0, 0.1) is 13.8 Å². The van der Waals surface area contributed by atoms with E-state index in [1.54, 1.807) is 0 Å². The van der Waals surface area contributed by atoms with E-state index in [4.69, 9.17) is 14.6 Å². The molecule has 0 aromatic heterocycles. The molecule has 2 fully saturated rings. The predicted octanol–water partition coefficient (Wildman–Crippen LogP) is 2.55. The number of likely N-dealkylation sites (N-methyl/N-ethyl adjacent to an activating group) is 1. The summed E-state index contributed by atoms with van der Waals surface area (Å²) in [6, 6.07) is 7.15. The second kappa shape index (κ2) is 9.04. The molecular weight excluding hydrogens is 304 g/mol. The van der Waals surface area contributed by atoms with Crippen molar-refractivity contribution in [3.8, 4) is 5.75 Å². The first-order chi connectivity index (χ1) is 11.6. The Bertz CT molecular complexity index is 509. The quantitative estimate of drug-likeness (QED) is 0.839. The summed E-state index contributed by atoms with van der Waals surface area (Å²) in [5, 5.41) is 6.89. The molecule has 2 heterocycles. The van der Waals surface area contributed by atoms with Crippen LogP contribution >= 0.6 is 0 Å². The summed E-state index contributed by atoms with van der Waals surface area (Å²) in [6.45, 7) is 12.2. The molecule has 1 atom stereocenters. The van der Waals surface area contributed by atoms with Crippen molar-refractivity contribution in [3.05, 3.63) is 29.3 Å². The van der Waals surface area contributed by atoms with Gasteiger partial charge in [-0.1, -0.05) is 25.1 Å².